The fourth-order valence-corrected chi connectivity index (χ4v) is 1.15. The zero-order valence-electron chi connectivity index (χ0n) is 5.99. The van der Waals surface area contributed by atoms with Crippen molar-refractivity contribution < 1.29 is 8.42 Å². The van der Waals surface area contributed by atoms with Crippen LogP contribution in [-0.2, 0) is 10.2 Å². The van der Waals surface area contributed by atoms with Gasteiger partial charge in [-0.25, -0.2) is 4.72 Å². The van der Waals surface area contributed by atoms with Gasteiger partial charge in [0, 0.05) is 26.4 Å². The second-order valence-electron chi connectivity index (χ2n) is 1.89. The van der Waals surface area contributed by atoms with E-state index < -0.39 is 10.2 Å². The summed E-state index contributed by atoms with van der Waals surface area (Å²) in [6.45, 7) is 0.315. The first kappa shape index (κ1) is 10.2. The van der Waals surface area contributed by atoms with Crippen molar-refractivity contribution in [1.29, 1.82) is 0 Å². The average Bonchev–Trinajstić information content (AvgIpc) is 1.84. The van der Waals surface area contributed by atoms with Crippen LogP contribution in [0, 0.1) is 0 Å². The van der Waals surface area contributed by atoms with Crippen molar-refractivity contribution in [3.63, 3.8) is 0 Å². The van der Waals surface area contributed by atoms with E-state index in [0.717, 1.165) is 4.31 Å². The first-order valence-corrected chi connectivity index (χ1v) is 4.77. The minimum absolute atomic E-state index is 0.315. The van der Waals surface area contributed by atoms with Crippen molar-refractivity contribution in [1.82, 2.24) is 9.03 Å². The normalized spacial score (nSPS) is 12.4. The zero-order valence-corrected chi connectivity index (χ0v) is 7.63. The third kappa shape index (κ3) is 3.40. The van der Waals surface area contributed by atoms with Crippen LogP contribution in [0.15, 0.2) is 0 Å². The molecule has 0 aromatic carbocycles. The molecule has 0 saturated carbocycles. The number of nitrogens with zero attached hydrogens (tertiary/aromatic N) is 1. The Kier molecular flexibility index (Phi) is 4.26. The van der Waals surface area contributed by atoms with Crippen LogP contribution >= 0.6 is 12.6 Å². The molecule has 0 aliphatic carbocycles. The molecule has 0 aliphatic rings. The van der Waals surface area contributed by atoms with Gasteiger partial charge >= 0.3 is 0 Å². The lowest BCUT2D eigenvalue weighted by Gasteiger charge is -2.10. The molecule has 0 saturated heterocycles. The molecule has 0 bridgehead atoms. The Morgan fingerprint density at radius 3 is 2.30 bits per heavy atom. The van der Waals surface area contributed by atoms with Crippen LogP contribution in [0.1, 0.15) is 0 Å². The van der Waals surface area contributed by atoms with Gasteiger partial charge in [0.05, 0.1) is 0 Å². The van der Waals surface area contributed by atoms with Gasteiger partial charge in [0.25, 0.3) is 10.2 Å². The van der Waals surface area contributed by atoms with E-state index in [1.165, 1.54) is 14.1 Å². The van der Waals surface area contributed by atoms with E-state index in [-0.39, 0.29) is 0 Å². The first-order chi connectivity index (χ1) is 4.50. The number of nitrogens with one attached hydrogen (secondary N) is 1. The lowest BCUT2D eigenvalue weighted by atomic mass is 10.8. The Labute approximate surface area is 67.2 Å². The standard InChI is InChI=1S/C4H11N2O2S2/c1-6(2)10(7,8)5-3-4-9/h5H,3-4H2,1-2H3. The minimum atomic E-state index is -3.24. The topological polar surface area (TPSA) is 49.4 Å². The first-order valence-electron chi connectivity index (χ1n) is 2.76. The van der Waals surface area contributed by atoms with Crippen molar-refractivity contribution in [3.8, 4) is 0 Å². The predicted molar refractivity (Wildman–Crippen MR) is 43.1 cm³/mol. The van der Waals surface area contributed by atoms with Gasteiger partial charge in [-0.3, -0.25) is 0 Å². The summed E-state index contributed by atoms with van der Waals surface area (Å²) in [5.41, 5.74) is 0. The van der Waals surface area contributed by atoms with Gasteiger partial charge < -0.3 is 0 Å². The maximum absolute atomic E-state index is 10.9. The molecule has 0 heterocycles. The summed E-state index contributed by atoms with van der Waals surface area (Å²) in [7, 11) is -0.316. The van der Waals surface area contributed by atoms with Crippen molar-refractivity contribution in [2.75, 3.05) is 26.4 Å². The minimum Gasteiger partial charge on any atom is -0.201 e. The highest BCUT2D eigenvalue weighted by molar-refractivity contribution is 7.87. The third-order valence-electron chi connectivity index (χ3n) is 0.867. The van der Waals surface area contributed by atoms with Gasteiger partial charge in [0.15, 0.2) is 0 Å². The van der Waals surface area contributed by atoms with E-state index in [1.807, 2.05) is 0 Å². The summed E-state index contributed by atoms with van der Waals surface area (Å²) in [4.78, 5) is 0. The van der Waals surface area contributed by atoms with Crippen LogP contribution in [0.4, 0.5) is 0 Å². The van der Waals surface area contributed by atoms with E-state index in [4.69, 9.17) is 0 Å². The van der Waals surface area contributed by atoms with Gasteiger partial charge in [-0.15, -0.1) is 0 Å². The van der Waals surface area contributed by atoms with E-state index in [0.29, 0.717) is 12.3 Å². The molecule has 1 N–H and O–H groups in total. The Balaban J connectivity index is 3.90. The zero-order chi connectivity index (χ0) is 8.20. The summed E-state index contributed by atoms with van der Waals surface area (Å²) in [5.74, 6) is 0.396. The lowest BCUT2D eigenvalue weighted by molar-refractivity contribution is 0.508. The summed E-state index contributed by atoms with van der Waals surface area (Å²) >= 11 is 4.56. The summed E-state index contributed by atoms with van der Waals surface area (Å²) in [6.07, 6.45) is 0. The van der Waals surface area contributed by atoms with Gasteiger partial charge in [0.2, 0.25) is 0 Å². The highest BCUT2D eigenvalue weighted by atomic mass is 32.2. The van der Waals surface area contributed by atoms with E-state index >= 15 is 0 Å². The lowest BCUT2D eigenvalue weighted by Crippen LogP contribution is -2.36. The van der Waals surface area contributed by atoms with Crippen LogP contribution in [-0.4, -0.2) is 39.1 Å². The molecule has 4 nitrogen and oxygen atoms in total. The van der Waals surface area contributed by atoms with Gasteiger partial charge in [0.1, 0.15) is 0 Å². The van der Waals surface area contributed by atoms with E-state index in [9.17, 15) is 8.42 Å². The fourth-order valence-electron chi connectivity index (χ4n) is 0.300. The third-order valence-corrected chi connectivity index (χ3v) is 2.60. The van der Waals surface area contributed by atoms with Gasteiger partial charge in [-0.05, 0) is 0 Å². The molecule has 0 aromatic heterocycles. The molecular formula is C4H11N2O2S2. The molecule has 0 amide bonds. The molecule has 0 fully saturated rings. The molecule has 0 spiro atoms. The summed E-state index contributed by atoms with van der Waals surface area (Å²) in [5, 5.41) is 0. The highest BCUT2D eigenvalue weighted by Gasteiger charge is 2.10. The van der Waals surface area contributed by atoms with Gasteiger partial charge in [-0.1, -0.05) is 12.6 Å². The SMILES string of the molecule is CN(C)S(=O)(=O)NCC[S]. The van der Waals surface area contributed by atoms with Crippen LogP contribution in [0.5, 0.6) is 0 Å². The molecule has 0 aliphatic heterocycles. The second kappa shape index (κ2) is 4.17. The molecule has 0 atom stereocenters. The quantitative estimate of drug-likeness (QED) is 0.643. The Morgan fingerprint density at radius 2 is 2.00 bits per heavy atom. The number of hydrogen-bond donors (Lipinski definition) is 1. The molecule has 6 heteroatoms. The van der Waals surface area contributed by atoms with Gasteiger partial charge in [-0.2, -0.15) is 12.7 Å². The average molecular weight is 183 g/mol. The van der Waals surface area contributed by atoms with Crippen molar-refractivity contribution in [2.45, 2.75) is 0 Å². The number of rotatable bonds is 4. The molecule has 10 heavy (non-hydrogen) atoms. The molecule has 1 radical (unpaired) electrons. The predicted octanol–water partition coefficient (Wildman–Crippen LogP) is -0.420. The monoisotopic (exact) mass is 183 g/mol. The number of hydrogen-bond acceptors (Lipinski definition) is 2. The molecule has 0 rings (SSSR count). The van der Waals surface area contributed by atoms with Crippen LogP contribution < -0.4 is 4.72 Å². The second-order valence-corrected chi connectivity index (χ2v) is 4.26. The smallest absolute Gasteiger partial charge is 0.201 e. The largest absolute Gasteiger partial charge is 0.278 e. The van der Waals surface area contributed by atoms with Crippen LogP contribution in [0.2, 0.25) is 0 Å². The summed E-state index contributed by atoms with van der Waals surface area (Å²) in [6, 6.07) is 0. The van der Waals surface area contributed by atoms with E-state index in [1.54, 1.807) is 0 Å². The molecule has 61 valence electrons. The van der Waals surface area contributed by atoms with Crippen molar-refractivity contribution >= 4 is 22.8 Å². The molecular weight excluding hydrogens is 172 g/mol. The Bertz CT molecular complexity index is 176. The maximum atomic E-state index is 10.9. The van der Waals surface area contributed by atoms with Crippen LogP contribution in [0.3, 0.4) is 0 Å². The van der Waals surface area contributed by atoms with Crippen molar-refractivity contribution in [2.24, 2.45) is 0 Å². The van der Waals surface area contributed by atoms with Crippen molar-refractivity contribution in [3.05, 3.63) is 0 Å². The fraction of sp³-hybridized carbons (Fsp3) is 1.00. The van der Waals surface area contributed by atoms with Crippen LogP contribution in [0.25, 0.3) is 0 Å². The highest BCUT2D eigenvalue weighted by Crippen LogP contribution is 1.86. The Hall–Kier alpha value is 0.220. The summed E-state index contributed by atoms with van der Waals surface area (Å²) < 4.78 is 25.1. The molecule has 0 aromatic rings. The van der Waals surface area contributed by atoms with E-state index in [2.05, 4.69) is 17.4 Å². The molecule has 0 unspecified atom stereocenters. The Morgan fingerprint density at radius 1 is 1.50 bits per heavy atom. The maximum Gasteiger partial charge on any atom is 0.278 e.